The molecule has 0 aliphatic heterocycles. The lowest BCUT2D eigenvalue weighted by Crippen LogP contribution is -2.49. The zero-order valence-electron chi connectivity index (χ0n) is 12.1. The fraction of sp³-hybridized carbons (Fsp3) is 0.667. The van der Waals surface area contributed by atoms with E-state index in [1.165, 1.54) is 38.2 Å². The number of hydrogen-bond donors (Lipinski definition) is 1. The number of benzene rings is 1. The highest BCUT2D eigenvalue weighted by molar-refractivity contribution is 5.19. The fourth-order valence-electron chi connectivity index (χ4n) is 5.64. The van der Waals surface area contributed by atoms with Crippen LogP contribution in [0.5, 0.6) is 0 Å². The largest absolute Gasteiger partial charge is 0.392 e. The number of hydrogen-bond acceptors (Lipinski definition) is 1. The summed E-state index contributed by atoms with van der Waals surface area (Å²) in [7, 11) is 0. The molecule has 3 heteroatoms. The van der Waals surface area contributed by atoms with Gasteiger partial charge in [-0.3, -0.25) is 0 Å². The molecule has 0 aromatic heterocycles. The Labute approximate surface area is 124 Å². The van der Waals surface area contributed by atoms with Crippen molar-refractivity contribution in [3.8, 4) is 0 Å². The third-order valence-electron chi connectivity index (χ3n) is 6.17. The third kappa shape index (κ3) is 2.40. The van der Waals surface area contributed by atoms with Crippen LogP contribution in [0, 0.1) is 41.2 Å². The predicted molar refractivity (Wildman–Crippen MR) is 76.6 cm³/mol. The van der Waals surface area contributed by atoms with Gasteiger partial charge in [-0.2, -0.15) is 0 Å². The summed E-state index contributed by atoms with van der Waals surface area (Å²) in [6, 6.07) is 3.99. The standard InChI is InChI=1S/C18H22F2O/c19-15-2-1-10(8-16(15)20)9-17(21)18-13-4-11-3-12(6-13)7-14(18)5-11/h1-2,8,11-14,17-18,21H,3-7,9H2. The van der Waals surface area contributed by atoms with E-state index in [2.05, 4.69) is 0 Å². The Kier molecular flexibility index (Phi) is 3.29. The van der Waals surface area contributed by atoms with E-state index in [1.807, 2.05) is 0 Å². The maximum atomic E-state index is 13.3. The van der Waals surface area contributed by atoms with E-state index in [4.69, 9.17) is 0 Å². The quantitative estimate of drug-likeness (QED) is 0.894. The lowest BCUT2D eigenvalue weighted by Gasteiger charge is -2.55. The highest BCUT2D eigenvalue weighted by Gasteiger charge is 2.50. The van der Waals surface area contributed by atoms with Crippen LogP contribution in [0.1, 0.15) is 37.7 Å². The van der Waals surface area contributed by atoms with Crippen molar-refractivity contribution in [2.45, 2.75) is 44.6 Å². The monoisotopic (exact) mass is 292 g/mol. The van der Waals surface area contributed by atoms with Crippen LogP contribution in [0.15, 0.2) is 18.2 Å². The molecule has 0 amide bonds. The third-order valence-corrected chi connectivity index (χ3v) is 6.17. The summed E-state index contributed by atoms with van der Waals surface area (Å²) >= 11 is 0. The van der Waals surface area contributed by atoms with Gasteiger partial charge in [-0.05, 0) is 85.8 Å². The number of halogens is 2. The number of aliphatic hydroxyl groups excluding tert-OH is 1. The molecule has 1 aromatic carbocycles. The van der Waals surface area contributed by atoms with Crippen LogP contribution < -0.4 is 0 Å². The predicted octanol–water partition coefficient (Wildman–Crippen LogP) is 3.94. The van der Waals surface area contributed by atoms with Gasteiger partial charge in [0.25, 0.3) is 0 Å². The summed E-state index contributed by atoms with van der Waals surface area (Å²) in [5.41, 5.74) is 0.704. The highest BCUT2D eigenvalue weighted by atomic mass is 19.2. The SMILES string of the molecule is OC(Cc1ccc(F)c(F)c1)C1C2CC3CC(C2)CC1C3. The summed E-state index contributed by atoms with van der Waals surface area (Å²) < 4.78 is 26.3. The highest BCUT2D eigenvalue weighted by Crippen LogP contribution is 2.57. The van der Waals surface area contributed by atoms with E-state index >= 15 is 0 Å². The van der Waals surface area contributed by atoms with Gasteiger partial charge >= 0.3 is 0 Å². The molecule has 114 valence electrons. The van der Waals surface area contributed by atoms with Gasteiger partial charge in [-0.15, -0.1) is 0 Å². The van der Waals surface area contributed by atoms with E-state index in [9.17, 15) is 13.9 Å². The minimum absolute atomic E-state index is 0.367. The first-order chi connectivity index (χ1) is 10.1. The minimum atomic E-state index is -0.817. The Balaban J connectivity index is 1.49. The zero-order valence-corrected chi connectivity index (χ0v) is 12.1. The molecule has 21 heavy (non-hydrogen) atoms. The Morgan fingerprint density at radius 1 is 0.952 bits per heavy atom. The van der Waals surface area contributed by atoms with E-state index in [1.54, 1.807) is 6.07 Å². The van der Waals surface area contributed by atoms with Crippen LogP contribution in [0.2, 0.25) is 0 Å². The molecular weight excluding hydrogens is 270 g/mol. The summed E-state index contributed by atoms with van der Waals surface area (Å²) in [6.07, 6.45) is 6.52. The van der Waals surface area contributed by atoms with E-state index in [-0.39, 0.29) is 0 Å². The molecule has 1 N–H and O–H groups in total. The molecule has 5 rings (SSSR count). The smallest absolute Gasteiger partial charge is 0.159 e. The molecule has 0 heterocycles. The van der Waals surface area contributed by atoms with E-state index in [0.29, 0.717) is 29.7 Å². The van der Waals surface area contributed by atoms with Gasteiger partial charge in [0.2, 0.25) is 0 Å². The van der Waals surface area contributed by atoms with Gasteiger partial charge in [0, 0.05) is 0 Å². The Hall–Kier alpha value is -0.960. The summed E-state index contributed by atoms with van der Waals surface area (Å²) in [5, 5.41) is 10.7. The van der Waals surface area contributed by atoms with Crippen molar-refractivity contribution < 1.29 is 13.9 Å². The Morgan fingerprint density at radius 2 is 1.57 bits per heavy atom. The van der Waals surface area contributed by atoms with Crippen LogP contribution in [-0.4, -0.2) is 11.2 Å². The van der Waals surface area contributed by atoms with Crippen molar-refractivity contribution in [3.63, 3.8) is 0 Å². The van der Waals surface area contributed by atoms with Gasteiger partial charge in [0.05, 0.1) is 6.10 Å². The van der Waals surface area contributed by atoms with E-state index in [0.717, 1.165) is 17.9 Å². The normalized spacial score (nSPS) is 38.7. The minimum Gasteiger partial charge on any atom is -0.392 e. The average molecular weight is 292 g/mol. The molecule has 0 spiro atoms. The van der Waals surface area contributed by atoms with Gasteiger partial charge in [0.15, 0.2) is 11.6 Å². The first-order valence-electron chi connectivity index (χ1n) is 8.22. The van der Waals surface area contributed by atoms with E-state index < -0.39 is 17.7 Å². The Morgan fingerprint density at radius 3 is 2.14 bits per heavy atom. The second-order valence-electron chi connectivity index (χ2n) is 7.53. The fourth-order valence-corrected chi connectivity index (χ4v) is 5.64. The molecule has 4 saturated carbocycles. The molecule has 1 nitrogen and oxygen atoms in total. The van der Waals surface area contributed by atoms with Gasteiger partial charge in [-0.25, -0.2) is 8.78 Å². The topological polar surface area (TPSA) is 20.2 Å². The average Bonchev–Trinajstić information content (AvgIpc) is 2.41. The molecule has 1 atom stereocenters. The van der Waals surface area contributed by atoms with Gasteiger partial charge in [0.1, 0.15) is 0 Å². The van der Waals surface area contributed by atoms with Crippen LogP contribution in [0.25, 0.3) is 0 Å². The first kappa shape index (κ1) is 13.7. The summed E-state index contributed by atoms with van der Waals surface area (Å²) in [5.74, 6) is 1.82. The van der Waals surface area contributed by atoms with Crippen molar-refractivity contribution in [3.05, 3.63) is 35.4 Å². The molecule has 0 saturated heterocycles. The van der Waals surface area contributed by atoms with Gasteiger partial charge < -0.3 is 5.11 Å². The lowest BCUT2D eigenvalue weighted by molar-refractivity contribution is -0.0887. The van der Waals surface area contributed by atoms with Gasteiger partial charge in [-0.1, -0.05) is 6.07 Å². The molecular formula is C18H22F2O. The second kappa shape index (κ2) is 5.05. The molecule has 4 aliphatic rings. The second-order valence-corrected chi connectivity index (χ2v) is 7.53. The van der Waals surface area contributed by atoms with Crippen LogP contribution >= 0.6 is 0 Å². The Bertz CT molecular complexity index is 514. The van der Waals surface area contributed by atoms with Crippen LogP contribution in [0.3, 0.4) is 0 Å². The lowest BCUT2D eigenvalue weighted by atomic mass is 9.50. The summed E-state index contributed by atoms with van der Waals surface area (Å²) in [4.78, 5) is 0. The van der Waals surface area contributed by atoms with Crippen molar-refractivity contribution in [2.24, 2.45) is 29.6 Å². The maximum Gasteiger partial charge on any atom is 0.159 e. The first-order valence-corrected chi connectivity index (χ1v) is 8.22. The molecule has 0 radical (unpaired) electrons. The van der Waals surface area contributed by atoms with Crippen molar-refractivity contribution in [1.82, 2.24) is 0 Å². The number of rotatable bonds is 3. The molecule has 4 bridgehead atoms. The van der Waals surface area contributed by atoms with Crippen LogP contribution in [-0.2, 0) is 6.42 Å². The number of aliphatic hydroxyl groups is 1. The molecule has 4 aliphatic carbocycles. The zero-order chi connectivity index (χ0) is 14.6. The van der Waals surface area contributed by atoms with Crippen molar-refractivity contribution >= 4 is 0 Å². The van der Waals surface area contributed by atoms with Crippen LogP contribution in [0.4, 0.5) is 8.78 Å². The molecule has 1 aromatic rings. The van der Waals surface area contributed by atoms with Crippen molar-refractivity contribution in [2.75, 3.05) is 0 Å². The summed E-state index contributed by atoms with van der Waals surface area (Å²) in [6.45, 7) is 0. The van der Waals surface area contributed by atoms with Crippen molar-refractivity contribution in [1.29, 1.82) is 0 Å². The molecule has 4 fully saturated rings. The maximum absolute atomic E-state index is 13.3. The molecule has 1 unspecified atom stereocenters.